The zero-order chi connectivity index (χ0) is 15.3. The first kappa shape index (κ1) is 18.1. The first-order valence-electron chi connectivity index (χ1n) is 8.17. The van der Waals surface area contributed by atoms with Gasteiger partial charge in [0.15, 0.2) is 0 Å². The smallest absolute Gasteiger partial charge is 0.0720 e. The molecule has 0 aliphatic rings. The average Bonchev–Trinajstić information content (AvgIpc) is 2.48. The summed E-state index contributed by atoms with van der Waals surface area (Å²) in [6.45, 7) is 11.4. The van der Waals surface area contributed by atoms with Crippen LogP contribution in [0.4, 0.5) is 0 Å². The van der Waals surface area contributed by atoms with E-state index in [-0.39, 0.29) is 0 Å². The lowest BCUT2D eigenvalue weighted by Crippen LogP contribution is -2.18. The second-order valence-corrected chi connectivity index (χ2v) is 5.79. The van der Waals surface area contributed by atoms with Crippen molar-refractivity contribution in [2.75, 3.05) is 32.9 Å². The summed E-state index contributed by atoms with van der Waals surface area (Å²) in [6, 6.07) is 8.53. The van der Waals surface area contributed by atoms with Crippen LogP contribution >= 0.6 is 0 Å². The van der Waals surface area contributed by atoms with E-state index in [0.29, 0.717) is 25.7 Å². The molecule has 3 heteroatoms. The first-order chi connectivity index (χ1) is 10.2. The first-order valence-corrected chi connectivity index (χ1v) is 8.17. The monoisotopic (exact) mass is 293 g/mol. The lowest BCUT2D eigenvalue weighted by atomic mass is 10.1. The number of hydrogen-bond acceptors (Lipinski definition) is 3. The standard InChI is InChI=1S/C18H31NO2/c1-4-10-19-11-9-17-7-5-6-8-18(17)15-21-13-12-20-14-16(2)3/h5-8,16,19H,4,9-15H2,1-3H3. The van der Waals surface area contributed by atoms with Gasteiger partial charge in [0.2, 0.25) is 0 Å². The van der Waals surface area contributed by atoms with Gasteiger partial charge in [0, 0.05) is 6.61 Å². The van der Waals surface area contributed by atoms with Gasteiger partial charge in [-0.3, -0.25) is 0 Å². The number of ether oxygens (including phenoxy) is 2. The molecule has 0 saturated carbocycles. The summed E-state index contributed by atoms with van der Waals surface area (Å²) < 4.78 is 11.2. The normalized spacial score (nSPS) is 11.2. The predicted octanol–water partition coefficient (Wildman–Crippen LogP) is 3.42. The SMILES string of the molecule is CCCNCCc1ccccc1COCCOCC(C)C. The molecule has 0 heterocycles. The highest BCUT2D eigenvalue weighted by molar-refractivity contribution is 5.26. The van der Waals surface area contributed by atoms with Crippen LogP contribution in [0.2, 0.25) is 0 Å². The topological polar surface area (TPSA) is 30.5 Å². The number of hydrogen-bond donors (Lipinski definition) is 1. The third kappa shape index (κ3) is 8.86. The molecule has 0 bridgehead atoms. The Hall–Kier alpha value is -0.900. The molecule has 0 radical (unpaired) electrons. The minimum Gasteiger partial charge on any atom is -0.379 e. The average molecular weight is 293 g/mol. The van der Waals surface area contributed by atoms with Gasteiger partial charge in [0.1, 0.15) is 0 Å². The van der Waals surface area contributed by atoms with Crippen molar-refractivity contribution in [3.63, 3.8) is 0 Å². The van der Waals surface area contributed by atoms with Crippen LogP contribution in [0, 0.1) is 5.92 Å². The Labute approximate surface area is 130 Å². The number of nitrogens with one attached hydrogen (secondary N) is 1. The fourth-order valence-corrected chi connectivity index (χ4v) is 2.09. The van der Waals surface area contributed by atoms with Crippen molar-refractivity contribution in [2.24, 2.45) is 5.92 Å². The van der Waals surface area contributed by atoms with Crippen molar-refractivity contribution in [1.29, 1.82) is 0 Å². The van der Waals surface area contributed by atoms with E-state index in [0.717, 1.165) is 26.1 Å². The molecule has 0 spiro atoms. The zero-order valence-electron chi connectivity index (χ0n) is 13.9. The van der Waals surface area contributed by atoms with Crippen LogP contribution in [0.15, 0.2) is 24.3 Å². The third-order valence-electron chi connectivity index (χ3n) is 3.20. The molecule has 120 valence electrons. The van der Waals surface area contributed by atoms with Gasteiger partial charge in [-0.2, -0.15) is 0 Å². The lowest BCUT2D eigenvalue weighted by Gasteiger charge is -2.11. The maximum Gasteiger partial charge on any atom is 0.0720 e. The Kier molecular flexibility index (Phi) is 10.1. The molecule has 0 fully saturated rings. The van der Waals surface area contributed by atoms with Crippen LogP contribution in [0.3, 0.4) is 0 Å². The van der Waals surface area contributed by atoms with Gasteiger partial charge < -0.3 is 14.8 Å². The summed E-state index contributed by atoms with van der Waals surface area (Å²) in [4.78, 5) is 0. The van der Waals surface area contributed by atoms with Gasteiger partial charge in [-0.15, -0.1) is 0 Å². The van der Waals surface area contributed by atoms with Gasteiger partial charge in [0.25, 0.3) is 0 Å². The van der Waals surface area contributed by atoms with E-state index in [1.165, 1.54) is 17.5 Å². The Bertz CT molecular complexity index is 366. The van der Waals surface area contributed by atoms with E-state index >= 15 is 0 Å². The van der Waals surface area contributed by atoms with Gasteiger partial charge in [-0.25, -0.2) is 0 Å². The molecule has 0 aromatic heterocycles. The summed E-state index contributed by atoms with van der Waals surface area (Å²) in [6.07, 6.45) is 2.24. The van der Waals surface area contributed by atoms with Gasteiger partial charge in [0.05, 0.1) is 19.8 Å². The minimum atomic E-state index is 0.585. The largest absolute Gasteiger partial charge is 0.379 e. The highest BCUT2D eigenvalue weighted by Crippen LogP contribution is 2.10. The fourth-order valence-electron chi connectivity index (χ4n) is 2.09. The summed E-state index contributed by atoms with van der Waals surface area (Å²) in [7, 11) is 0. The number of benzene rings is 1. The Morgan fingerprint density at radius 2 is 1.71 bits per heavy atom. The molecule has 0 aliphatic heterocycles. The van der Waals surface area contributed by atoms with Crippen LogP contribution in [-0.2, 0) is 22.5 Å². The lowest BCUT2D eigenvalue weighted by molar-refractivity contribution is 0.0312. The molecule has 1 aromatic rings. The summed E-state index contributed by atoms with van der Waals surface area (Å²) >= 11 is 0. The predicted molar refractivity (Wildman–Crippen MR) is 88.6 cm³/mol. The second kappa shape index (κ2) is 11.7. The van der Waals surface area contributed by atoms with Crippen molar-refractivity contribution < 1.29 is 9.47 Å². The molecule has 1 aromatic carbocycles. The van der Waals surface area contributed by atoms with Gasteiger partial charge >= 0.3 is 0 Å². The number of rotatable bonds is 12. The molecule has 1 rings (SSSR count). The summed E-state index contributed by atoms with van der Waals surface area (Å²) in [5, 5.41) is 3.44. The van der Waals surface area contributed by atoms with Crippen molar-refractivity contribution in [1.82, 2.24) is 5.32 Å². The highest BCUT2D eigenvalue weighted by Gasteiger charge is 2.02. The molecule has 0 saturated heterocycles. The van der Waals surface area contributed by atoms with E-state index in [1.54, 1.807) is 0 Å². The van der Waals surface area contributed by atoms with Crippen molar-refractivity contribution in [2.45, 2.75) is 40.2 Å². The summed E-state index contributed by atoms with van der Waals surface area (Å²) in [5.41, 5.74) is 2.67. The van der Waals surface area contributed by atoms with E-state index in [1.807, 2.05) is 0 Å². The molecule has 0 aliphatic carbocycles. The van der Waals surface area contributed by atoms with Gasteiger partial charge in [-0.05, 0) is 43.0 Å². The van der Waals surface area contributed by atoms with E-state index in [4.69, 9.17) is 9.47 Å². The molecule has 0 amide bonds. The van der Waals surface area contributed by atoms with Crippen LogP contribution in [-0.4, -0.2) is 32.9 Å². The van der Waals surface area contributed by atoms with Crippen molar-refractivity contribution in [3.05, 3.63) is 35.4 Å². The van der Waals surface area contributed by atoms with Crippen molar-refractivity contribution in [3.8, 4) is 0 Å². The quantitative estimate of drug-likeness (QED) is 0.599. The Morgan fingerprint density at radius 1 is 1.00 bits per heavy atom. The van der Waals surface area contributed by atoms with Crippen molar-refractivity contribution >= 4 is 0 Å². The molecule has 1 N–H and O–H groups in total. The molecular formula is C18H31NO2. The highest BCUT2D eigenvalue weighted by atomic mass is 16.5. The summed E-state index contributed by atoms with van der Waals surface area (Å²) in [5.74, 6) is 0.585. The fraction of sp³-hybridized carbons (Fsp3) is 0.667. The van der Waals surface area contributed by atoms with E-state index < -0.39 is 0 Å². The maximum atomic E-state index is 5.72. The molecular weight excluding hydrogens is 262 g/mol. The van der Waals surface area contributed by atoms with E-state index in [2.05, 4.69) is 50.4 Å². The minimum absolute atomic E-state index is 0.585. The third-order valence-corrected chi connectivity index (χ3v) is 3.20. The molecule has 21 heavy (non-hydrogen) atoms. The zero-order valence-corrected chi connectivity index (χ0v) is 13.9. The van der Waals surface area contributed by atoms with Crippen LogP contribution in [0.5, 0.6) is 0 Å². The van der Waals surface area contributed by atoms with Crippen LogP contribution in [0.25, 0.3) is 0 Å². The second-order valence-electron chi connectivity index (χ2n) is 5.79. The van der Waals surface area contributed by atoms with Crippen LogP contribution in [0.1, 0.15) is 38.3 Å². The van der Waals surface area contributed by atoms with Crippen LogP contribution < -0.4 is 5.32 Å². The van der Waals surface area contributed by atoms with Gasteiger partial charge in [-0.1, -0.05) is 45.0 Å². The Balaban J connectivity index is 2.24. The van der Waals surface area contributed by atoms with E-state index in [9.17, 15) is 0 Å². The molecule has 0 unspecified atom stereocenters. The Morgan fingerprint density at radius 3 is 2.43 bits per heavy atom. The molecule has 3 nitrogen and oxygen atoms in total. The maximum absolute atomic E-state index is 5.72. The molecule has 0 atom stereocenters.